The molecule has 2 atom stereocenters. The van der Waals surface area contributed by atoms with Crippen LogP contribution in [-0.2, 0) is 9.53 Å². The topological polar surface area (TPSA) is 61.8 Å². The molecule has 0 aromatic rings. The van der Waals surface area contributed by atoms with Crippen molar-refractivity contribution >= 4 is 5.97 Å². The van der Waals surface area contributed by atoms with Gasteiger partial charge in [0.15, 0.2) is 0 Å². The minimum atomic E-state index is -0.0779. The summed E-state index contributed by atoms with van der Waals surface area (Å²) < 4.78 is 5.00. The zero-order chi connectivity index (χ0) is 14.8. The Bertz CT molecular complexity index is 274. The first-order valence-electron chi connectivity index (χ1n) is 7.91. The number of aliphatic hydroxyl groups excluding tert-OH is 1. The molecule has 0 radical (unpaired) electrons. The summed E-state index contributed by atoms with van der Waals surface area (Å²) in [6.45, 7) is 8.79. The third-order valence-corrected chi connectivity index (χ3v) is 3.89. The lowest BCUT2D eigenvalue weighted by atomic mass is 9.90. The Kier molecular flexibility index (Phi) is 8.82. The first kappa shape index (κ1) is 17.4. The van der Waals surface area contributed by atoms with E-state index in [1.807, 2.05) is 6.92 Å². The fourth-order valence-electron chi connectivity index (χ4n) is 2.86. The molecule has 118 valence electrons. The normalized spacial score (nSPS) is 23.8. The predicted molar refractivity (Wildman–Crippen MR) is 79.6 cm³/mol. The van der Waals surface area contributed by atoms with E-state index in [1.165, 1.54) is 0 Å². The fraction of sp³-hybridized carbons (Fsp3) is 0.933. The van der Waals surface area contributed by atoms with Gasteiger partial charge < -0.3 is 20.1 Å². The molecule has 0 spiro atoms. The van der Waals surface area contributed by atoms with Gasteiger partial charge in [-0.15, -0.1) is 0 Å². The Morgan fingerprint density at radius 3 is 2.85 bits per heavy atom. The quantitative estimate of drug-likeness (QED) is 0.489. The van der Waals surface area contributed by atoms with Crippen molar-refractivity contribution in [1.82, 2.24) is 10.2 Å². The largest absolute Gasteiger partial charge is 0.466 e. The number of hydrogen-bond acceptors (Lipinski definition) is 5. The van der Waals surface area contributed by atoms with E-state index in [0.717, 1.165) is 45.4 Å². The van der Waals surface area contributed by atoms with Crippen LogP contribution in [0.2, 0.25) is 0 Å². The second-order valence-electron chi connectivity index (χ2n) is 5.53. The molecule has 0 saturated carbocycles. The fourth-order valence-corrected chi connectivity index (χ4v) is 2.86. The van der Waals surface area contributed by atoms with Crippen LogP contribution in [0.5, 0.6) is 0 Å². The molecule has 0 aromatic carbocycles. The van der Waals surface area contributed by atoms with Gasteiger partial charge in [0.25, 0.3) is 0 Å². The summed E-state index contributed by atoms with van der Waals surface area (Å²) in [6.07, 6.45) is 3.35. The minimum Gasteiger partial charge on any atom is -0.466 e. The molecule has 1 heterocycles. The highest BCUT2D eigenvalue weighted by molar-refractivity contribution is 5.69. The maximum Gasteiger partial charge on any atom is 0.305 e. The van der Waals surface area contributed by atoms with Crippen LogP contribution in [0.4, 0.5) is 0 Å². The summed E-state index contributed by atoms with van der Waals surface area (Å²) in [4.78, 5) is 13.9. The van der Waals surface area contributed by atoms with Crippen LogP contribution in [0.1, 0.15) is 39.5 Å². The SMILES string of the molecule is CCOC(=O)CCC1CC(NCCCO)CN(CC)C1. The van der Waals surface area contributed by atoms with Gasteiger partial charge in [-0.2, -0.15) is 0 Å². The smallest absolute Gasteiger partial charge is 0.305 e. The summed E-state index contributed by atoms with van der Waals surface area (Å²) in [5, 5.41) is 12.4. The van der Waals surface area contributed by atoms with Crippen LogP contribution >= 0.6 is 0 Å². The molecule has 0 aromatic heterocycles. The van der Waals surface area contributed by atoms with Gasteiger partial charge in [0.2, 0.25) is 0 Å². The molecule has 2 unspecified atom stereocenters. The number of ether oxygens (including phenoxy) is 1. The molecule has 5 nitrogen and oxygen atoms in total. The molecule has 1 aliphatic rings. The lowest BCUT2D eigenvalue weighted by molar-refractivity contribution is -0.143. The molecule has 5 heteroatoms. The molecule has 0 aliphatic carbocycles. The number of hydrogen-bond donors (Lipinski definition) is 2. The minimum absolute atomic E-state index is 0.0779. The molecular formula is C15H30N2O3. The number of piperidine rings is 1. The standard InChI is InChI=1S/C15H30N2O3/c1-3-17-11-13(6-7-15(19)20-4-2)10-14(12-17)16-8-5-9-18/h13-14,16,18H,3-12H2,1-2H3. The second kappa shape index (κ2) is 10.1. The number of likely N-dealkylation sites (N-methyl/N-ethyl adjacent to an activating group) is 1. The van der Waals surface area contributed by atoms with Crippen LogP contribution in [0.15, 0.2) is 0 Å². The first-order valence-corrected chi connectivity index (χ1v) is 7.91. The number of carbonyl (C=O) groups excluding carboxylic acids is 1. The van der Waals surface area contributed by atoms with Crippen LogP contribution in [0.3, 0.4) is 0 Å². The molecule has 0 bridgehead atoms. The highest BCUT2D eigenvalue weighted by atomic mass is 16.5. The molecule has 1 fully saturated rings. The van der Waals surface area contributed by atoms with Crippen molar-refractivity contribution in [3.05, 3.63) is 0 Å². The maximum absolute atomic E-state index is 11.4. The van der Waals surface area contributed by atoms with Crippen molar-refractivity contribution in [2.45, 2.75) is 45.6 Å². The molecule has 2 N–H and O–H groups in total. The number of likely N-dealkylation sites (tertiary alicyclic amines) is 1. The average molecular weight is 286 g/mol. The van der Waals surface area contributed by atoms with E-state index in [4.69, 9.17) is 9.84 Å². The Morgan fingerprint density at radius 1 is 1.40 bits per heavy atom. The molecule has 1 rings (SSSR count). The zero-order valence-corrected chi connectivity index (χ0v) is 12.9. The Morgan fingerprint density at radius 2 is 2.20 bits per heavy atom. The predicted octanol–water partition coefficient (Wildman–Crippen LogP) is 1.01. The highest BCUT2D eigenvalue weighted by Gasteiger charge is 2.26. The van der Waals surface area contributed by atoms with Crippen LogP contribution in [0.25, 0.3) is 0 Å². The van der Waals surface area contributed by atoms with E-state index in [0.29, 0.717) is 25.0 Å². The van der Waals surface area contributed by atoms with Crippen molar-refractivity contribution in [2.24, 2.45) is 5.92 Å². The van der Waals surface area contributed by atoms with Gasteiger partial charge in [-0.3, -0.25) is 4.79 Å². The van der Waals surface area contributed by atoms with Crippen LogP contribution in [-0.4, -0.2) is 61.4 Å². The third-order valence-electron chi connectivity index (χ3n) is 3.89. The van der Waals surface area contributed by atoms with E-state index in [9.17, 15) is 4.79 Å². The number of aliphatic hydroxyl groups is 1. The van der Waals surface area contributed by atoms with E-state index in [-0.39, 0.29) is 12.6 Å². The van der Waals surface area contributed by atoms with Crippen molar-refractivity contribution in [3.8, 4) is 0 Å². The number of esters is 1. The molecular weight excluding hydrogens is 256 g/mol. The van der Waals surface area contributed by atoms with Gasteiger partial charge in [-0.25, -0.2) is 0 Å². The average Bonchev–Trinajstić information content (AvgIpc) is 2.45. The van der Waals surface area contributed by atoms with E-state index < -0.39 is 0 Å². The summed E-state index contributed by atoms with van der Waals surface area (Å²) >= 11 is 0. The Labute approximate surface area is 122 Å². The summed E-state index contributed by atoms with van der Waals surface area (Å²) in [6, 6.07) is 0.474. The number of rotatable bonds is 9. The summed E-state index contributed by atoms with van der Waals surface area (Å²) in [5.41, 5.74) is 0. The van der Waals surface area contributed by atoms with E-state index in [2.05, 4.69) is 17.1 Å². The molecule has 1 aliphatic heterocycles. The monoisotopic (exact) mass is 286 g/mol. The van der Waals surface area contributed by atoms with E-state index >= 15 is 0 Å². The zero-order valence-electron chi connectivity index (χ0n) is 12.9. The van der Waals surface area contributed by atoms with Crippen LogP contribution in [0, 0.1) is 5.92 Å². The third kappa shape index (κ3) is 6.68. The first-order chi connectivity index (χ1) is 9.69. The van der Waals surface area contributed by atoms with Gasteiger partial charge >= 0.3 is 5.97 Å². The van der Waals surface area contributed by atoms with Crippen molar-refractivity contribution < 1.29 is 14.6 Å². The van der Waals surface area contributed by atoms with Gasteiger partial charge in [-0.1, -0.05) is 6.92 Å². The molecule has 20 heavy (non-hydrogen) atoms. The van der Waals surface area contributed by atoms with Crippen molar-refractivity contribution in [3.63, 3.8) is 0 Å². The number of nitrogens with zero attached hydrogens (tertiary/aromatic N) is 1. The van der Waals surface area contributed by atoms with E-state index in [1.54, 1.807) is 0 Å². The second-order valence-corrected chi connectivity index (χ2v) is 5.53. The lowest BCUT2D eigenvalue weighted by Crippen LogP contribution is -2.49. The summed E-state index contributed by atoms with van der Waals surface area (Å²) in [7, 11) is 0. The van der Waals surface area contributed by atoms with Crippen molar-refractivity contribution in [1.29, 1.82) is 0 Å². The Balaban J connectivity index is 2.34. The Hall–Kier alpha value is -0.650. The van der Waals surface area contributed by atoms with Crippen molar-refractivity contribution in [2.75, 3.05) is 39.4 Å². The van der Waals surface area contributed by atoms with Gasteiger partial charge in [0, 0.05) is 32.2 Å². The van der Waals surface area contributed by atoms with Gasteiger partial charge in [0.05, 0.1) is 6.61 Å². The summed E-state index contributed by atoms with van der Waals surface area (Å²) in [5.74, 6) is 0.477. The number of carbonyl (C=O) groups is 1. The maximum atomic E-state index is 11.4. The van der Waals surface area contributed by atoms with Gasteiger partial charge in [0.1, 0.15) is 0 Å². The molecule has 0 amide bonds. The highest BCUT2D eigenvalue weighted by Crippen LogP contribution is 2.21. The lowest BCUT2D eigenvalue weighted by Gasteiger charge is -2.37. The van der Waals surface area contributed by atoms with Crippen LogP contribution < -0.4 is 5.32 Å². The van der Waals surface area contributed by atoms with Gasteiger partial charge in [-0.05, 0) is 45.2 Å². The number of nitrogens with one attached hydrogen (secondary N) is 1. The molecule has 1 saturated heterocycles.